The van der Waals surface area contributed by atoms with Gasteiger partial charge in [0.2, 0.25) is 0 Å². The molecule has 0 heterocycles. The van der Waals surface area contributed by atoms with Crippen LogP contribution in [0.25, 0.3) is 0 Å². The molecule has 1 heteroatoms. The Hall–Kier alpha value is -0.0400. The fraction of sp³-hybridized carbons (Fsp3) is 1.00. The van der Waals surface area contributed by atoms with Crippen molar-refractivity contribution in [2.75, 3.05) is 13.6 Å². The summed E-state index contributed by atoms with van der Waals surface area (Å²) in [6.07, 6.45) is 4.21. The molecule has 10 heavy (non-hydrogen) atoms. The van der Waals surface area contributed by atoms with E-state index in [0.717, 1.165) is 5.92 Å². The summed E-state index contributed by atoms with van der Waals surface area (Å²) in [5.74, 6) is 0.970. The van der Waals surface area contributed by atoms with Crippen LogP contribution in [0.2, 0.25) is 0 Å². The van der Waals surface area contributed by atoms with Crippen LogP contribution in [-0.4, -0.2) is 13.6 Å². The molecule has 1 N–H and O–H groups in total. The second kappa shape index (κ2) is 2.91. The SMILES string of the molecule is CCCC1(C)CC1CNC. The van der Waals surface area contributed by atoms with E-state index in [9.17, 15) is 0 Å². The molecule has 1 nitrogen and oxygen atoms in total. The summed E-state index contributed by atoms with van der Waals surface area (Å²) < 4.78 is 0. The zero-order chi connectivity index (χ0) is 7.61. The number of hydrogen-bond acceptors (Lipinski definition) is 1. The topological polar surface area (TPSA) is 12.0 Å². The predicted octanol–water partition coefficient (Wildman–Crippen LogP) is 2.03. The van der Waals surface area contributed by atoms with Gasteiger partial charge in [-0.05, 0) is 37.8 Å². The third-order valence-electron chi connectivity index (χ3n) is 2.81. The maximum atomic E-state index is 3.24. The molecule has 0 spiro atoms. The van der Waals surface area contributed by atoms with Gasteiger partial charge in [0, 0.05) is 0 Å². The van der Waals surface area contributed by atoms with E-state index in [4.69, 9.17) is 0 Å². The van der Waals surface area contributed by atoms with E-state index in [2.05, 4.69) is 19.2 Å². The summed E-state index contributed by atoms with van der Waals surface area (Å²) in [4.78, 5) is 0. The van der Waals surface area contributed by atoms with Crippen molar-refractivity contribution in [2.45, 2.75) is 33.1 Å². The number of rotatable bonds is 4. The average Bonchev–Trinajstić information content (AvgIpc) is 2.44. The number of nitrogens with one attached hydrogen (secondary N) is 1. The lowest BCUT2D eigenvalue weighted by Gasteiger charge is -2.07. The van der Waals surface area contributed by atoms with Crippen LogP contribution >= 0.6 is 0 Å². The molecule has 2 atom stereocenters. The lowest BCUT2D eigenvalue weighted by molar-refractivity contribution is 0.447. The second-order valence-electron chi connectivity index (χ2n) is 3.86. The van der Waals surface area contributed by atoms with Crippen molar-refractivity contribution in [2.24, 2.45) is 11.3 Å². The molecular weight excluding hydrogens is 122 g/mol. The van der Waals surface area contributed by atoms with E-state index in [1.54, 1.807) is 0 Å². The first kappa shape index (κ1) is 8.06. The van der Waals surface area contributed by atoms with Crippen LogP contribution in [0.1, 0.15) is 33.1 Å². The van der Waals surface area contributed by atoms with Gasteiger partial charge in [0.1, 0.15) is 0 Å². The minimum Gasteiger partial charge on any atom is -0.319 e. The minimum absolute atomic E-state index is 0.706. The zero-order valence-electron chi connectivity index (χ0n) is 7.41. The highest BCUT2D eigenvalue weighted by molar-refractivity contribution is 4.98. The molecule has 1 fully saturated rings. The average molecular weight is 141 g/mol. The summed E-state index contributed by atoms with van der Waals surface area (Å²) in [7, 11) is 2.05. The quantitative estimate of drug-likeness (QED) is 0.631. The molecule has 0 bridgehead atoms. The van der Waals surface area contributed by atoms with Gasteiger partial charge in [0.05, 0.1) is 0 Å². The molecule has 0 radical (unpaired) electrons. The van der Waals surface area contributed by atoms with Gasteiger partial charge in [0.15, 0.2) is 0 Å². The van der Waals surface area contributed by atoms with Gasteiger partial charge in [-0.25, -0.2) is 0 Å². The standard InChI is InChI=1S/C9H19N/c1-4-5-9(2)6-8(9)7-10-3/h8,10H,4-7H2,1-3H3. The first-order valence-corrected chi connectivity index (χ1v) is 4.37. The Labute approximate surface area is 64.2 Å². The van der Waals surface area contributed by atoms with Gasteiger partial charge < -0.3 is 5.32 Å². The molecular formula is C9H19N. The molecule has 2 unspecified atom stereocenters. The van der Waals surface area contributed by atoms with Gasteiger partial charge >= 0.3 is 0 Å². The maximum absolute atomic E-state index is 3.24. The fourth-order valence-corrected chi connectivity index (χ4v) is 1.95. The van der Waals surface area contributed by atoms with Gasteiger partial charge in [-0.2, -0.15) is 0 Å². The van der Waals surface area contributed by atoms with E-state index in [1.165, 1.54) is 25.8 Å². The minimum atomic E-state index is 0.706. The van der Waals surface area contributed by atoms with Crippen molar-refractivity contribution < 1.29 is 0 Å². The smallest absolute Gasteiger partial charge is 0.00181 e. The van der Waals surface area contributed by atoms with Gasteiger partial charge in [0.25, 0.3) is 0 Å². The molecule has 1 aliphatic rings. The molecule has 0 saturated heterocycles. The Kier molecular flexibility index (Phi) is 2.35. The van der Waals surface area contributed by atoms with Gasteiger partial charge in [-0.1, -0.05) is 20.3 Å². The molecule has 0 aliphatic heterocycles. The summed E-state index contributed by atoms with van der Waals surface area (Å²) in [5, 5.41) is 3.24. The molecule has 1 rings (SSSR count). The Morgan fingerprint density at radius 3 is 2.80 bits per heavy atom. The number of hydrogen-bond donors (Lipinski definition) is 1. The highest BCUT2D eigenvalue weighted by atomic mass is 14.8. The van der Waals surface area contributed by atoms with Crippen LogP contribution in [0.15, 0.2) is 0 Å². The van der Waals surface area contributed by atoms with Crippen molar-refractivity contribution in [1.29, 1.82) is 0 Å². The van der Waals surface area contributed by atoms with Gasteiger partial charge in [-0.3, -0.25) is 0 Å². The van der Waals surface area contributed by atoms with Crippen LogP contribution in [0, 0.1) is 11.3 Å². The van der Waals surface area contributed by atoms with E-state index < -0.39 is 0 Å². The molecule has 0 aromatic carbocycles. The highest BCUT2D eigenvalue weighted by Crippen LogP contribution is 2.54. The molecule has 60 valence electrons. The molecule has 0 aromatic rings. The second-order valence-corrected chi connectivity index (χ2v) is 3.86. The Balaban J connectivity index is 2.19. The Morgan fingerprint density at radius 1 is 1.60 bits per heavy atom. The zero-order valence-corrected chi connectivity index (χ0v) is 7.41. The summed E-state index contributed by atoms with van der Waals surface area (Å²) in [6.45, 7) is 5.91. The van der Waals surface area contributed by atoms with Crippen molar-refractivity contribution >= 4 is 0 Å². The maximum Gasteiger partial charge on any atom is -0.00181 e. The third kappa shape index (κ3) is 1.51. The fourth-order valence-electron chi connectivity index (χ4n) is 1.95. The predicted molar refractivity (Wildman–Crippen MR) is 45.0 cm³/mol. The van der Waals surface area contributed by atoms with Crippen LogP contribution in [-0.2, 0) is 0 Å². The van der Waals surface area contributed by atoms with Crippen LogP contribution in [0.5, 0.6) is 0 Å². The normalized spacial score (nSPS) is 38.1. The third-order valence-corrected chi connectivity index (χ3v) is 2.81. The summed E-state index contributed by atoms with van der Waals surface area (Å²) in [6, 6.07) is 0. The van der Waals surface area contributed by atoms with Crippen LogP contribution in [0.4, 0.5) is 0 Å². The lowest BCUT2D eigenvalue weighted by Crippen LogP contribution is -2.13. The van der Waals surface area contributed by atoms with E-state index in [0.29, 0.717) is 5.41 Å². The molecule has 0 amide bonds. The molecule has 0 aromatic heterocycles. The lowest BCUT2D eigenvalue weighted by atomic mass is 10.0. The van der Waals surface area contributed by atoms with Crippen molar-refractivity contribution in [3.05, 3.63) is 0 Å². The largest absolute Gasteiger partial charge is 0.319 e. The highest BCUT2D eigenvalue weighted by Gasteiger charge is 2.47. The van der Waals surface area contributed by atoms with Crippen LogP contribution in [0.3, 0.4) is 0 Å². The van der Waals surface area contributed by atoms with Crippen molar-refractivity contribution in [3.8, 4) is 0 Å². The molecule has 1 aliphatic carbocycles. The van der Waals surface area contributed by atoms with Crippen molar-refractivity contribution in [1.82, 2.24) is 5.32 Å². The first-order valence-electron chi connectivity index (χ1n) is 4.37. The summed E-state index contributed by atoms with van der Waals surface area (Å²) >= 11 is 0. The van der Waals surface area contributed by atoms with E-state index >= 15 is 0 Å². The van der Waals surface area contributed by atoms with Crippen molar-refractivity contribution in [3.63, 3.8) is 0 Å². The Morgan fingerprint density at radius 2 is 2.30 bits per heavy atom. The molecule has 1 saturated carbocycles. The van der Waals surface area contributed by atoms with E-state index in [1.807, 2.05) is 7.05 Å². The monoisotopic (exact) mass is 141 g/mol. The summed E-state index contributed by atoms with van der Waals surface area (Å²) in [5.41, 5.74) is 0.706. The first-order chi connectivity index (χ1) is 4.73. The Bertz CT molecular complexity index is 111. The van der Waals surface area contributed by atoms with Gasteiger partial charge in [-0.15, -0.1) is 0 Å². The van der Waals surface area contributed by atoms with E-state index in [-0.39, 0.29) is 0 Å². The van der Waals surface area contributed by atoms with Crippen LogP contribution < -0.4 is 5.32 Å².